The van der Waals surface area contributed by atoms with Crippen LogP contribution in [0.4, 0.5) is 5.69 Å². The first-order valence-electron chi connectivity index (χ1n) is 6.31. The summed E-state index contributed by atoms with van der Waals surface area (Å²) in [6.45, 7) is 6.97. The van der Waals surface area contributed by atoms with Gasteiger partial charge in [0.2, 0.25) is 0 Å². The average molecular weight is 274 g/mol. The Kier molecular flexibility index (Phi) is 4.74. The number of hydrogen-bond acceptors (Lipinski definition) is 5. The smallest absolute Gasteiger partial charge is 0.188 e. The molecule has 2 aromatic rings. The Bertz CT molecular complexity index is 537. The lowest BCUT2D eigenvalue weighted by Crippen LogP contribution is -1.98. The van der Waals surface area contributed by atoms with Gasteiger partial charge in [0.25, 0.3) is 0 Å². The van der Waals surface area contributed by atoms with Gasteiger partial charge in [0, 0.05) is 35.6 Å². The number of pyridine rings is 1. The fourth-order valence-electron chi connectivity index (χ4n) is 1.77. The van der Waals surface area contributed by atoms with Gasteiger partial charge in [-0.1, -0.05) is 11.8 Å². The van der Waals surface area contributed by atoms with Crippen molar-refractivity contribution in [3.63, 3.8) is 0 Å². The highest BCUT2D eigenvalue weighted by Crippen LogP contribution is 2.20. The molecule has 0 radical (unpaired) electrons. The lowest BCUT2D eigenvalue weighted by atomic mass is 10.3. The van der Waals surface area contributed by atoms with Gasteiger partial charge in [0.15, 0.2) is 5.16 Å². The first kappa shape index (κ1) is 13.8. The second-order valence-electron chi connectivity index (χ2n) is 4.29. The molecule has 0 saturated heterocycles. The number of nitrogens with one attached hydrogen (secondary N) is 1. The molecule has 0 spiro atoms. The number of hydrogen-bond donors (Lipinski definition) is 1. The minimum absolute atomic E-state index is 0.780. The van der Waals surface area contributed by atoms with Crippen molar-refractivity contribution in [2.45, 2.75) is 31.7 Å². The third-order valence-corrected chi connectivity index (χ3v) is 3.39. The van der Waals surface area contributed by atoms with Crippen LogP contribution in [0, 0.1) is 13.8 Å². The van der Waals surface area contributed by atoms with Crippen molar-refractivity contribution < 1.29 is 0 Å². The van der Waals surface area contributed by atoms with E-state index in [1.165, 1.54) is 0 Å². The molecule has 0 atom stereocenters. The maximum Gasteiger partial charge on any atom is 0.188 e. The molecule has 5 heteroatoms. The van der Waals surface area contributed by atoms with Crippen LogP contribution < -0.4 is 5.32 Å². The van der Waals surface area contributed by atoms with E-state index in [0.717, 1.165) is 40.2 Å². The lowest BCUT2D eigenvalue weighted by Gasteiger charge is -2.06. The molecule has 0 aliphatic heterocycles. The molecule has 1 N–H and O–H groups in total. The van der Waals surface area contributed by atoms with Crippen molar-refractivity contribution in [2.75, 3.05) is 11.9 Å². The number of rotatable bonds is 5. The van der Waals surface area contributed by atoms with E-state index in [2.05, 4.69) is 33.3 Å². The summed E-state index contributed by atoms with van der Waals surface area (Å²) in [4.78, 5) is 13.2. The van der Waals surface area contributed by atoms with Crippen LogP contribution in [-0.4, -0.2) is 21.5 Å². The molecule has 2 aromatic heterocycles. The molecule has 19 heavy (non-hydrogen) atoms. The maximum atomic E-state index is 4.42. The van der Waals surface area contributed by atoms with Crippen molar-refractivity contribution in [3.05, 3.63) is 41.5 Å². The second-order valence-corrected chi connectivity index (χ2v) is 5.23. The molecule has 0 aliphatic carbocycles. The van der Waals surface area contributed by atoms with Crippen LogP contribution in [0.25, 0.3) is 0 Å². The zero-order valence-electron chi connectivity index (χ0n) is 11.5. The van der Waals surface area contributed by atoms with Crippen molar-refractivity contribution in [2.24, 2.45) is 0 Å². The Labute approximate surface area is 118 Å². The van der Waals surface area contributed by atoms with Crippen molar-refractivity contribution >= 4 is 17.4 Å². The molecule has 100 valence electrons. The van der Waals surface area contributed by atoms with E-state index in [0.29, 0.717) is 0 Å². The minimum Gasteiger partial charge on any atom is -0.385 e. The minimum atomic E-state index is 0.780. The second kappa shape index (κ2) is 6.52. The highest BCUT2D eigenvalue weighted by Gasteiger charge is 2.03. The largest absolute Gasteiger partial charge is 0.385 e. The molecular formula is C14H18N4S. The number of nitrogens with zero attached hydrogens (tertiary/aromatic N) is 3. The molecule has 0 fully saturated rings. The molecule has 0 bridgehead atoms. The van der Waals surface area contributed by atoms with Gasteiger partial charge in [-0.05, 0) is 39.0 Å². The van der Waals surface area contributed by atoms with E-state index in [4.69, 9.17) is 0 Å². The van der Waals surface area contributed by atoms with Crippen LogP contribution in [0.15, 0.2) is 29.6 Å². The molecule has 2 heterocycles. The molecular weight excluding hydrogens is 256 g/mol. The molecule has 0 saturated carbocycles. The number of aryl methyl sites for hydroxylation is 2. The predicted molar refractivity (Wildman–Crippen MR) is 79.5 cm³/mol. The third-order valence-electron chi connectivity index (χ3n) is 2.51. The monoisotopic (exact) mass is 274 g/mol. The summed E-state index contributed by atoms with van der Waals surface area (Å²) < 4.78 is 0. The Morgan fingerprint density at radius 2 is 1.89 bits per heavy atom. The third kappa shape index (κ3) is 4.21. The van der Waals surface area contributed by atoms with Gasteiger partial charge in [0.05, 0.1) is 5.69 Å². The predicted octanol–water partition coefficient (Wildman–Crippen LogP) is 3.21. The topological polar surface area (TPSA) is 50.7 Å². The fraction of sp³-hybridized carbons (Fsp3) is 0.357. The van der Waals surface area contributed by atoms with Gasteiger partial charge < -0.3 is 5.32 Å². The average Bonchev–Trinajstić information content (AvgIpc) is 2.36. The maximum absolute atomic E-state index is 4.42. The summed E-state index contributed by atoms with van der Waals surface area (Å²) in [5.41, 5.74) is 4.15. The van der Waals surface area contributed by atoms with Crippen LogP contribution in [0.5, 0.6) is 0 Å². The van der Waals surface area contributed by atoms with Gasteiger partial charge in [-0.15, -0.1) is 0 Å². The van der Waals surface area contributed by atoms with Crippen LogP contribution in [0.1, 0.15) is 24.0 Å². The van der Waals surface area contributed by atoms with E-state index >= 15 is 0 Å². The molecule has 2 rings (SSSR count). The van der Waals surface area contributed by atoms with Crippen LogP contribution in [-0.2, 0) is 5.75 Å². The van der Waals surface area contributed by atoms with Gasteiger partial charge in [-0.25, -0.2) is 9.97 Å². The van der Waals surface area contributed by atoms with Crippen molar-refractivity contribution in [1.82, 2.24) is 15.0 Å². The lowest BCUT2D eigenvalue weighted by molar-refractivity contribution is 0.901. The molecule has 4 nitrogen and oxygen atoms in total. The zero-order chi connectivity index (χ0) is 13.7. The van der Waals surface area contributed by atoms with Crippen molar-refractivity contribution in [3.8, 4) is 0 Å². The van der Waals surface area contributed by atoms with Crippen molar-refractivity contribution in [1.29, 1.82) is 0 Å². The fourth-order valence-corrected chi connectivity index (χ4v) is 2.62. The van der Waals surface area contributed by atoms with E-state index in [1.54, 1.807) is 11.8 Å². The number of thioether (sulfide) groups is 1. The summed E-state index contributed by atoms with van der Waals surface area (Å²) in [5, 5.41) is 4.10. The molecule has 0 aliphatic rings. The SMILES string of the molecule is CCNc1ccnc(CSc2nc(C)cc(C)n2)c1. The van der Waals surface area contributed by atoms with Gasteiger partial charge >= 0.3 is 0 Å². The standard InChI is InChI=1S/C14H18N4S/c1-4-15-12-5-6-16-13(8-12)9-19-14-17-10(2)7-11(3)18-14/h5-8H,4,9H2,1-3H3,(H,15,16). The Morgan fingerprint density at radius 3 is 2.58 bits per heavy atom. The Balaban J connectivity index is 2.03. The van der Waals surface area contributed by atoms with Crippen LogP contribution in [0.2, 0.25) is 0 Å². The van der Waals surface area contributed by atoms with E-state index in [9.17, 15) is 0 Å². The Morgan fingerprint density at radius 1 is 1.16 bits per heavy atom. The molecule has 0 aromatic carbocycles. The van der Waals surface area contributed by atoms with E-state index in [-0.39, 0.29) is 0 Å². The summed E-state index contributed by atoms with van der Waals surface area (Å²) in [6.07, 6.45) is 1.83. The first-order valence-corrected chi connectivity index (χ1v) is 7.30. The summed E-state index contributed by atoms with van der Waals surface area (Å²) in [6, 6.07) is 6.03. The van der Waals surface area contributed by atoms with Crippen LogP contribution in [0.3, 0.4) is 0 Å². The Hall–Kier alpha value is -1.62. The van der Waals surface area contributed by atoms with Gasteiger partial charge in [-0.3, -0.25) is 4.98 Å². The molecule has 0 unspecified atom stereocenters. The summed E-state index contributed by atoms with van der Waals surface area (Å²) in [7, 11) is 0. The highest BCUT2D eigenvalue weighted by atomic mass is 32.2. The molecule has 0 amide bonds. The normalized spacial score (nSPS) is 10.5. The number of aromatic nitrogens is 3. The van der Waals surface area contributed by atoms with E-state index < -0.39 is 0 Å². The first-order chi connectivity index (χ1) is 9.17. The number of anilines is 1. The quantitative estimate of drug-likeness (QED) is 0.670. The van der Waals surface area contributed by atoms with Gasteiger partial charge in [-0.2, -0.15) is 0 Å². The zero-order valence-corrected chi connectivity index (χ0v) is 12.3. The summed E-state index contributed by atoms with van der Waals surface area (Å²) >= 11 is 1.62. The van der Waals surface area contributed by atoms with E-state index in [1.807, 2.05) is 32.2 Å². The van der Waals surface area contributed by atoms with Gasteiger partial charge in [0.1, 0.15) is 0 Å². The summed E-state index contributed by atoms with van der Waals surface area (Å²) in [5.74, 6) is 0.780. The van der Waals surface area contributed by atoms with Crippen LogP contribution >= 0.6 is 11.8 Å². The highest BCUT2D eigenvalue weighted by molar-refractivity contribution is 7.98.